The summed E-state index contributed by atoms with van der Waals surface area (Å²) >= 11 is 0. The number of hydrogen-bond donors (Lipinski definition) is 1. The topological polar surface area (TPSA) is 26.0 Å². The summed E-state index contributed by atoms with van der Waals surface area (Å²) in [6.45, 7) is 4.39. The van der Waals surface area contributed by atoms with E-state index in [1.54, 1.807) is 0 Å². The van der Waals surface area contributed by atoms with Crippen molar-refractivity contribution in [1.82, 2.24) is 0 Å². The van der Waals surface area contributed by atoms with Crippen molar-refractivity contribution >= 4 is 0 Å². The average Bonchev–Trinajstić information content (AvgIpc) is 3.00. The molecule has 14 heavy (non-hydrogen) atoms. The van der Waals surface area contributed by atoms with Crippen LogP contribution in [0.3, 0.4) is 0 Å². The largest absolute Gasteiger partial charge is 0.324 e. The Bertz CT molecular complexity index is 298. The van der Waals surface area contributed by atoms with Crippen molar-refractivity contribution in [2.75, 3.05) is 0 Å². The van der Waals surface area contributed by atoms with Crippen LogP contribution < -0.4 is 5.73 Å². The molecule has 0 amide bonds. The molecule has 1 heteroatoms. The number of nitrogens with two attached hydrogens (primary N) is 1. The molecule has 1 saturated carbocycles. The summed E-state index contributed by atoms with van der Waals surface area (Å²) in [4.78, 5) is 0. The van der Waals surface area contributed by atoms with Gasteiger partial charge < -0.3 is 5.73 Å². The lowest BCUT2D eigenvalue weighted by Gasteiger charge is -2.19. The van der Waals surface area contributed by atoms with Gasteiger partial charge in [-0.25, -0.2) is 0 Å². The average molecular weight is 189 g/mol. The third-order valence-electron chi connectivity index (χ3n) is 3.39. The van der Waals surface area contributed by atoms with Crippen molar-refractivity contribution in [2.45, 2.75) is 32.7 Å². The second-order valence-corrected chi connectivity index (χ2v) is 4.63. The zero-order valence-corrected chi connectivity index (χ0v) is 9.03. The molecule has 0 spiro atoms. The van der Waals surface area contributed by atoms with Gasteiger partial charge >= 0.3 is 0 Å². The summed E-state index contributed by atoms with van der Waals surface area (Å²) in [6, 6.07) is 8.85. The molecule has 0 aliphatic heterocycles. The molecule has 1 fully saturated rings. The Morgan fingerprint density at radius 1 is 1.21 bits per heavy atom. The van der Waals surface area contributed by atoms with Crippen LogP contribution in [0.15, 0.2) is 24.3 Å². The van der Waals surface area contributed by atoms with Gasteiger partial charge in [-0.05, 0) is 37.2 Å². The highest BCUT2D eigenvalue weighted by Gasteiger charge is 2.32. The maximum absolute atomic E-state index is 6.23. The molecule has 1 aromatic carbocycles. The molecule has 0 bridgehead atoms. The van der Waals surface area contributed by atoms with Crippen molar-refractivity contribution < 1.29 is 0 Å². The second-order valence-electron chi connectivity index (χ2n) is 4.63. The zero-order valence-electron chi connectivity index (χ0n) is 9.03. The van der Waals surface area contributed by atoms with Gasteiger partial charge in [0.15, 0.2) is 0 Å². The Kier molecular flexibility index (Phi) is 2.60. The molecule has 2 atom stereocenters. The maximum Gasteiger partial charge on any atom is 0.0323 e. The fourth-order valence-corrected chi connectivity index (χ4v) is 2.01. The summed E-state index contributed by atoms with van der Waals surface area (Å²) in [5.74, 6) is 1.52. The van der Waals surface area contributed by atoms with Crippen LogP contribution in [0.25, 0.3) is 0 Å². The molecule has 2 N–H and O–H groups in total. The first kappa shape index (κ1) is 9.72. The Morgan fingerprint density at radius 2 is 1.79 bits per heavy atom. The number of rotatable bonds is 3. The van der Waals surface area contributed by atoms with Gasteiger partial charge in [0, 0.05) is 6.04 Å². The Hall–Kier alpha value is -0.820. The van der Waals surface area contributed by atoms with Crippen LogP contribution in [0.1, 0.15) is 36.9 Å². The number of benzene rings is 1. The first-order chi connectivity index (χ1) is 6.68. The molecule has 0 aromatic heterocycles. The van der Waals surface area contributed by atoms with Gasteiger partial charge in [0.25, 0.3) is 0 Å². The van der Waals surface area contributed by atoms with Crippen molar-refractivity contribution in [3.63, 3.8) is 0 Å². The van der Waals surface area contributed by atoms with Crippen LogP contribution in [-0.4, -0.2) is 0 Å². The van der Waals surface area contributed by atoms with Gasteiger partial charge in [0.05, 0.1) is 0 Å². The molecule has 1 aliphatic rings. The molecular weight excluding hydrogens is 170 g/mol. The van der Waals surface area contributed by atoms with Gasteiger partial charge in [-0.3, -0.25) is 0 Å². The highest BCUT2D eigenvalue weighted by Crippen LogP contribution is 2.41. The van der Waals surface area contributed by atoms with Crippen molar-refractivity contribution in [2.24, 2.45) is 17.6 Å². The van der Waals surface area contributed by atoms with Gasteiger partial charge in [0.2, 0.25) is 0 Å². The third-order valence-corrected chi connectivity index (χ3v) is 3.39. The third kappa shape index (κ3) is 1.98. The molecular formula is C13H19N. The van der Waals surface area contributed by atoms with Gasteiger partial charge in [-0.2, -0.15) is 0 Å². The van der Waals surface area contributed by atoms with Crippen LogP contribution in [-0.2, 0) is 0 Å². The molecule has 2 rings (SSSR count). The Morgan fingerprint density at radius 3 is 2.29 bits per heavy atom. The van der Waals surface area contributed by atoms with E-state index in [4.69, 9.17) is 5.73 Å². The molecule has 76 valence electrons. The fraction of sp³-hybridized carbons (Fsp3) is 0.538. The SMILES string of the molecule is Cc1ccc(C(N)C(C)C2CC2)cc1. The molecule has 1 aliphatic carbocycles. The van der Waals surface area contributed by atoms with Crippen LogP contribution in [0.4, 0.5) is 0 Å². The van der Waals surface area contributed by atoms with E-state index in [1.165, 1.54) is 24.0 Å². The van der Waals surface area contributed by atoms with E-state index in [0.717, 1.165) is 5.92 Å². The summed E-state index contributed by atoms with van der Waals surface area (Å²) in [5, 5.41) is 0. The molecule has 0 radical (unpaired) electrons. The molecule has 1 nitrogen and oxygen atoms in total. The zero-order chi connectivity index (χ0) is 10.1. The first-order valence-corrected chi connectivity index (χ1v) is 5.50. The van der Waals surface area contributed by atoms with E-state index in [-0.39, 0.29) is 6.04 Å². The highest BCUT2D eigenvalue weighted by atomic mass is 14.7. The summed E-state index contributed by atoms with van der Waals surface area (Å²) < 4.78 is 0. The Labute approximate surface area is 86.3 Å². The number of hydrogen-bond acceptors (Lipinski definition) is 1. The van der Waals surface area contributed by atoms with Crippen molar-refractivity contribution in [3.05, 3.63) is 35.4 Å². The van der Waals surface area contributed by atoms with E-state index in [9.17, 15) is 0 Å². The lowest BCUT2D eigenvalue weighted by molar-refractivity contribution is 0.417. The van der Waals surface area contributed by atoms with E-state index < -0.39 is 0 Å². The van der Waals surface area contributed by atoms with Crippen LogP contribution in [0.2, 0.25) is 0 Å². The minimum Gasteiger partial charge on any atom is -0.324 e. The second kappa shape index (κ2) is 3.74. The molecule has 2 unspecified atom stereocenters. The van der Waals surface area contributed by atoms with Crippen molar-refractivity contribution in [1.29, 1.82) is 0 Å². The lowest BCUT2D eigenvalue weighted by Crippen LogP contribution is -2.20. The van der Waals surface area contributed by atoms with Crippen LogP contribution >= 0.6 is 0 Å². The molecule has 0 saturated heterocycles. The Balaban J connectivity index is 2.09. The lowest BCUT2D eigenvalue weighted by atomic mass is 9.91. The predicted octanol–water partition coefficient (Wildman–Crippen LogP) is 3.04. The maximum atomic E-state index is 6.23. The summed E-state index contributed by atoms with van der Waals surface area (Å²) in [7, 11) is 0. The highest BCUT2D eigenvalue weighted by molar-refractivity contribution is 5.24. The van der Waals surface area contributed by atoms with E-state index >= 15 is 0 Å². The van der Waals surface area contributed by atoms with E-state index in [0.29, 0.717) is 5.92 Å². The fourth-order valence-electron chi connectivity index (χ4n) is 2.01. The molecule has 1 aromatic rings. The predicted molar refractivity (Wildman–Crippen MR) is 60.0 cm³/mol. The summed E-state index contributed by atoms with van der Waals surface area (Å²) in [5.41, 5.74) is 8.82. The van der Waals surface area contributed by atoms with Gasteiger partial charge in [-0.1, -0.05) is 36.8 Å². The standard InChI is InChI=1S/C13H19N/c1-9-3-5-12(6-4-9)13(14)10(2)11-7-8-11/h3-6,10-11,13H,7-8,14H2,1-2H3. The summed E-state index contributed by atoms with van der Waals surface area (Å²) in [6.07, 6.45) is 2.75. The molecule has 0 heterocycles. The van der Waals surface area contributed by atoms with E-state index in [1.807, 2.05) is 0 Å². The smallest absolute Gasteiger partial charge is 0.0323 e. The quantitative estimate of drug-likeness (QED) is 0.777. The number of aryl methyl sites for hydroxylation is 1. The van der Waals surface area contributed by atoms with Crippen LogP contribution in [0.5, 0.6) is 0 Å². The van der Waals surface area contributed by atoms with Crippen LogP contribution in [0, 0.1) is 18.8 Å². The first-order valence-electron chi connectivity index (χ1n) is 5.50. The minimum absolute atomic E-state index is 0.225. The normalized spacial score (nSPS) is 20.5. The van der Waals surface area contributed by atoms with Gasteiger partial charge in [0.1, 0.15) is 0 Å². The van der Waals surface area contributed by atoms with E-state index in [2.05, 4.69) is 38.1 Å². The van der Waals surface area contributed by atoms with Crippen molar-refractivity contribution in [3.8, 4) is 0 Å². The minimum atomic E-state index is 0.225. The van der Waals surface area contributed by atoms with Gasteiger partial charge in [-0.15, -0.1) is 0 Å². The monoisotopic (exact) mass is 189 g/mol.